The fourth-order valence-corrected chi connectivity index (χ4v) is 1.18. The summed E-state index contributed by atoms with van der Waals surface area (Å²) < 4.78 is 0. The minimum atomic E-state index is 0.0541. The minimum Gasteiger partial charge on any atom is -0.409 e. The molecule has 15 heavy (non-hydrogen) atoms. The van der Waals surface area contributed by atoms with Crippen LogP contribution in [0.5, 0.6) is 0 Å². The highest BCUT2D eigenvalue weighted by Crippen LogP contribution is 2.08. The van der Waals surface area contributed by atoms with Gasteiger partial charge < -0.3 is 15.8 Å². The molecule has 0 saturated heterocycles. The maximum Gasteiger partial charge on any atom is 0.223 e. The van der Waals surface area contributed by atoms with Crippen molar-refractivity contribution >= 4 is 11.7 Å². The molecule has 1 atom stereocenters. The van der Waals surface area contributed by atoms with Gasteiger partial charge in [-0.05, 0) is 12.8 Å². The van der Waals surface area contributed by atoms with Crippen molar-refractivity contribution in [3.05, 3.63) is 0 Å². The molecule has 0 fully saturated rings. The minimum absolute atomic E-state index is 0.0541. The molecule has 0 saturated carbocycles. The van der Waals surface area contributed by atoms with Crippen molar-refractivity contribution in [1.82, 2.24) is 4.90 Å². The average molecular weight is 215 g/mol. The van der Waals surface area contributed by atoms with Crippen LogP contribution in [-0.4, -0.2) is 34.9 Å². The van der Waals surface area contributed by atoms with Crippen molar-refractivity contribution < 1.29 is 10.0 Å². The van der Waals surface area contributed by atoms with Gasteiger partial charge in [-0.3, -0.25) is 4.79 Å². The second-order valence-corrected chi connectivity index (χ2v) is 3.72. The van der Waals surface area contributed by atoms with E-state index in [0.717, 1.165) is 6.42 Å². The summed E-state index contributed by atoms with van der Waals surface area (Å²) in [5, 5.41) is 11.3. The van der Waals surface area contributed by atoms with Gasteiger partial charge in [-0.25, -0.2) is 0 Å². The maximum absolute atomic E-state index is 11.7. The summed E-state index contributed by atoms with van der Waals surface area (Å²) in [6, 6.07) is 0. The van der Waals surface area contributed by atoms with Crippen LogP contribution in [0.15, 0.2) is 5.16 Å². The van der Waals surface area contributed by atoms with E-state index in [0.29, 0.717) is 18.9 Å². The number of nitrogens with two attached hydrogens (primary N) is 1. The van der Waals surface area contributed by atoms with Crippen molar-refractivity contribution in [3.63, 3.8) is 0 Å². The Morgan fingerprint density at radius 1 is 1.53 bits per heavy atom. The van der Waals surface area contributed by atoms with E-state index in [9.17, 15) is 4.79 Å². The Hall–Kier alpha value is -1.26. The van der Waals surface area contributed by atoms with Crippen LogP contribution in [0.1, 0.15) is 33.6 Å². The molecule has 0 radical (unpaired) electrons. The summed E-state index contributed by atoms with van der Waals surface area (Å²) in [5.74, 6) is 0.492. The van der Waals surface area contributed by atoms with Gasteiger partial charge in [0.05, 0.1) is 6.54 Å². The fraction of sp³-hybridized carbons (Fsp3) is 0.800. The van der Waals surface area contributed by atoms with Crippen molar-refractivity contribution in [2.45, 2.75) is 33.6 Å². The first kappa shape index (κ1) is 13.7. The number of hydrogen-bond donors (Lipinski definition) is 2. The molecule has 5 nitrogen and oxygen atoms in total. The molecule has 0 aromatic carbocycles. The van der Waals surface area contributed by atoms with E-state index >= 15 is 0 Å². The Morgan fingerprint density at radius 3 is 2.53 bits per heavy atom. The Kier molecular flexibility index (Phi) is 6.49. The SMILES string of the molecule is CCC(C)CC(=O)N(CC)CC(N)=NO. The molecule has 0 aromatic heterocycles. The van der Waals surface area contributed by atoms with E-state index in [4.69, 9.17) is 10.9 Å². The van der Waals surface area contributed by atoms with Gasteiger partial charge in [-0.15, -0.1) is 0 Å². The summed E-state index contributed by atoms with van der Waals surface area (Å²) >= 11 is 0. The molecular formula is C10H21N3O2. The van der Waals surface area contributed by atoms with Gasteiger partial charge in [-0.1, -0.05) is 25.4 Å². The Labute approximate surface area is 90.9 Å². The van der Waals surface area contributed by atoms with Crippen LogP contribution in [0.3, 0.4) is 0 Å². The van der Waals surface area contributed by atoms with E-state index in [1.165, 1.54) is 0 Å². The quantitative estimate of drug-likeness (QED) is 0.300. The van der Waals surface area contributed by atoms with Gasteiger partial charge in [0.1, 0.15) is 0 Å². The molecule has 1 unspecified atom stereocenters. The highest BCUT2D eigenvalue weighted by Gasteiger charge is 2.15. The molecule has 0 aliphatic carbocycles. The first-order valence-corrected chi connectivity index (χ1v) is 5.29. The van der Waals surface area contributed by atoms with Gasteiger partial charge in [0, 0.05) is 13.0 Å². The van der Waals surface area contributed by atoms with Gasteiger partial charge in [0.25, 0.3) is 0 Å². The Bertz CT molecular complexity index is 229. The zero-order chi connectivity index (χ0) is 11.8. The first-order valence-electron chi connectivity index (χ1n) is 5.29. The zero-order valence-electron chi connectivity index (χ0n) is 9.73. The summed E-state index contributed by atoms with van der Waals surface area (Å²) in [4.78, 5) is 13.3. The third kappa shape index (κ3) is 5.24. The molecule has 5 heteroatoms. The summed E-state index contributed by atoms with van der Waals surface area (Å²) in [5.41, 5.74) is 5.36. The topological polar surface area (TPSA) is 78.9 Å². The lowest BCUT2D eigenvalue weighted by Crippen LogP contribution is -2.38. The smallest absolute Gasteiger partial charge is 0.223 e. The number of carbonyl (C=O) groups excluding carboxylic acids is 1. The van der Waals surface area contributed by atoms with Gasteiger partial charge in [0.15, 0.2) is 5.84 Å². The second-order valence-electron chi connectivity index (χ2n) is 3.72. The average Bonchev–Trinajstić information content (AvgIpc) is 2.24. The molecule has 3 N–H and O–H groups in total. The molecule has 0 spiro atoms. The fourth-order valence-electron chi connectivity index (χ4n) is 1.18. The summed E-state index contributed by atoms with van der Waals surface area (Å²) in [6.07, 6.45) is 1.50. The number of amidine groups is 1. The molecule has 0 aliphatic rings. The summed E-state index contributed by atoms with van der Waals surface area (Å²) in [7, 11) is 0. The predicted molar refractivity (Wildman–Crippen MR) is 59.7 cm³/mol. The summed E-state index contributed by atoms with van der Waals surface area (Å²) in [6.45, 7) is 6.74. The van der Waals surface area contributed by atoms with Crippen molar-refractivity contribution in [2.75, 3.05) is 13.1 Å². The molecule has 1 amide bonds. The highest BCUT2D eigenvalue weighted by atomic mass is 16.4. The van der Waals surface area contributed by atoms with E-state index in [1.807, 2.05) is 13.8 Å². The van der Waals surface area contributed by atoms with Crippen LogP contribution in [0.25, 0.3) is 0 Å². The van der Waals surface area contributed by atoms with E-state index in [1.54, 1.807) is 4.90 Å². The number of oxime groups is 1. The van der Waals surface area contributed by atoms with E-state index < -0.39 is 0 Å². The number of carbonyl (C=O) groups is 1. The van der Waals surface area contributed by atoms with Gasteiger partial charge >= 0.3 is 0 Å². The zero-order valence-corrected chi connectivity index (χ0v) is 9.73. The molecule has 0 bridgehead atoms. The lowest BCUT2D eigenvalue weighted by molar-refractivity contribution is -0.131. The number of rotatable bonds is 6. The number of hydrogen-bond acceptors (Lipinski definition) is 3. The molecule has 0 heterocycles. The third-order valence-corrected chi connectivity index (χ3v) is 2.44. The van der Waals surface area contributed by atoms with Crippen molar-refractivity contribution in [1.29, 1.82) is 0 Å². The third-order valence-electron chi connectivity index (χ3n) is 2.44. The maximum atomic E-state index is 11.7. The van der Waals surface area contributed by atoms with Gasteiger partial charge in [0.2, 0.25) is 5.91 Å². The lowest BCUT2D eigenvalue weighted by atomic mass is 10.0. The predicted octanol–water partition coefficient (Wildman–Crippen LogP) is 1.02. The van der Waals surface area contributed by atoms with Crippen molar-refractivity contribution in [3.8, 4) is 0 Å². The molecule has 0 aliphatic heterocycles. The second kappa shape index (κ2) is 7.09. The number of amides is 1. The van der Waals surface area contributed by atoms with E-state index in [2.05, 4.69) is 12.1 Å². The molecular weight excluding hydrogens is 194 g/mol. The van der Waals surface area contributed by atoms with Crippen LogP contribution in [0, 0.1) is 5.92 Å². The van der Waals surface area contributed by atoms with Crippen LogP contribution >= 0.6 is 0 Å². The highest BCUT2D eigenvalue weighted by molar-refractivity contribution is 5.86. The van der Waals surface area contributed by atoms with Crippen LogP contribution in [-0.2, 0) is 4.79 Å². The normalized spacial score (nSPS) is 13.7. The van der Waals surface area contributed by atoms with Crippen LogP contribution < -0.4 is 5.73 Å². The Balaban J connectivity index is 4.22. The van der Waals surface area contributed by atoms with Gasteiger partial charge in [-0.2, -0.15) is 0 Å². The number of nitrogens with zero attached hydrogens (tertiary/aromatic N) is 2. The first-order chi connectivity index (χ1) is 7.04. The van der Waals surface area contributed by atoms with Crippen molar-refractivity contribution in [2.24, 2.45) is 16.8 Å². The Morgan fingerprint density at radius 2 is 2.13 bits per heavy atom. The van der Waals surface area contributed by atoms with E-state index in [-0.39, 0.29) is 18.3 Å². The standard InChI is InChI=1S/C10H21N3O2/c1-4-8(3)6-10(14)13(5-2)7-9(11)12-15/h8,15H,4-7H2,1-3H3,(H2,11,12). The lowest BCUT2D eigenvalue weighted by Gasteiger charge is -2.21. The molecule has 0 rings (SSSR count). The number of likely N-dealkylation sites (N-methyl/N-ethyl adjacent to an activating group) is 1. The van der Waals surface area contributed by atoms with Crippen LogP contribution in [0.2, 0.25) is 0 Å². The molecule has 88 valence electrons. The largest absolute Gasteiger partial charge is 0.409 e. The monoisotopic (exact) mass is 215 g/mol. The molecule has 0 aromatic rings. The van der Waals surface area contributed by atoms with Crippen LogP contribution in [0.4, 0.5) is 0 Å².